The smallest absolute Gasteiger partial charge is 0.316 e. The fourth-order valence-electron chi connectivity index (χ4n) is 2.19. The van der Waals surface area contributed by atoms with E-state index in [1.165, 1.54) is 12.1 Å². The monoisotopic (exact) mass is 333 g/mol. The Morgan fingerprint density at radius 1 is 1.04 bits per heavy atom. The molecule has 0 unspecified atom stereocenters. The summed E-state index contributed by atoms with van der Waals surface area (Å²) < 4.78 is 23.8. The summed E-state index contributed by atoms with van der Waals surface area (Å²) in [4.78, 5) is 11.1. The third-order valence-corrected chi connectivity index (χ3v) is 4.03. The number of primary sulfonamides is 1. The molecule has 0 saturated carbocycles. The fraction of sp³-hybridized carbons (Fsp3) is 0. The van der Waals surface area contributed by atoms with E-state index < -0.39 is 16.1 Å². The summed E-state index contributed by atoms with van der Waals surface area (Å²) in [6.07, 6.45) is 0. The van der Waals surface area contributed by atoms with Gasteiger partial charge in [0.15, 0.2) is 0 Å². The quantitative estimate of drug-likeness (QED) is 0.412. The Kier molecular flexibility index (Phi) is 4.34. The van der Waals surface area contributed by atoms with Gasteiger partial charge in [0.1, 0.15) is 5.84 Å². The molecule has 0 fully saturated rings. The zero-order chi connectivity index (χ0) is 17.2. The Bertz CT molecular complexity index is 879. The van der Waals surface area contributed by atoms with E-state index in [2.05, 4.69) is 5.32 Å². The predicted octanol–water partition coefficient (Wildman–Crippen LogP) is 0.776. The van der Waals surface area contributed by atoms with Crippen LogP contribution in [0.3, 0.4) is 0 Å². The van der Waals surface area contributed by atoms with Gasteiger partial charge in [-0.25, -0.2) is 18.4 Å². The van der Waals surface area contributed by atoms with Gasteiger partial charge >= 0.3 is 6.03 Å². The van der Waals surface area contributed by atoms with Crippen molar-refractivity contribution >= 4 is 27.6 Å². The van der Waals surface area contributed by atoms with Gasteiger partial charge in [-0.2, -0.15) is 0 Å². The summed E-state index contributed by atoms with van der Waals surface area (Å²) in [5.74, 6) is -0.355. The lowest BCUT2D eigenvalue weighted by atomic mass is 9.99. The van der Waals surface area contributed by atoms with Gasteiger partial charge in [0.25, 0.3) is 0 Å². The van der Waals surface area contributed by atoms with Crippen LogP contribution in [0.15, 0.2) is 47.4 Å². The normalized spacial score (nSPS) is 11.0. The molecule has 23 heavy (non-hydrogen) atoms. The van der Waals surface area contributed by atoms with Gasteiger partial charge in [-0.3, -0.25) is 5.41 Å². The van der Waals surface area contributed by atoms with Crippen molar-refractivity contribution in [2.45, 2.75) is 4.90 Å². The van der Waals surface area contributed by atoms with Gasteiger partial charge in [-0.05, 0) is 17.7 Å². The molecule has 2 aromatic carbocycles. The summed E-state index contributed by atoms with van der Waals surface area (Å²) in [5.41, 5.74) is 11.4. The third kappa shape index (κ3) is 3.47. The molecule has 0 aromatic heterocycles. The number of hydrogen-bond donors (Lipinski definition) is 5. The molecule has 2 amide bonds. The number of hydrogen-bond acceptors (Lipinski definition) is 4. The van der Waals surface area contributed by atoms with Crippen LogP contribution in [-0.4, -0.2) is 20.3 Å². The minimum absolute atomic E-state index is 0.0164. The van der Waals surface area contributed by atoms with Gasteiger partial charge in [0.2, 0.25) is 10.0 Å². The molecule has 0 aliphatic heterocycles. The molecule has 9 heteroatoms. The first-order chi connectivity index (χ1) is 10.7. The standard InChI is InChI=1S/C14H15N5O3S/c15-13(16)9-6-7-10(23(18,21)22)11(12(9)19-14(17)20)8-4-2-1-3-5-8/h1-7H,(H3,15,16)(H3,17,19,20)(H2,18,21,22). The van der Waals surface area contributed by atoms with Crippen LogP contribution in [0.25, 0.3) is 11.1 Å². The van der Waals surface area contributed by atoms with Gasteiger partial charge < -0.3 is 16.8 Å². The lowest BCUT2D eigenvalue weighted by Gasteiger charge is -2.17. The summed E-state index contributed by atoms with van der Waals surface area (Å²) in [5, 5.41) is 15.2. The summed E-state index contributed by atoms with van der Waals surface area (Å²) in [7, 11) is -4.09. The molecule has 0 saturated heterocycles. The molecular weight excluding hydrogens is 318 g/mol. The van der Waals surface area contributed by atoms with Crippen molar-refractivity contribution in [3.8, 4) is 11.1 Å². The van der Waals surface area contributed by atoms with Crippen molar-refractivity contribution in [3.63, 3.8) is 0 Å². The molecule has 0 spiro atoms. The second kappa shape index (κ2) is 6.07. The lowest BCUT2D eigenvalue weighted by Crippen LogP contribution is -2.24. The molecule has 8 nitrogen and oxygen atoms in total. The minimum atomic E-state index is -4.09. The van der Waals surface area contributed by atoms with Crippen molar-refractivity contribution < 1.29 is 13.2 Å². The third-order valence-electron chi connectivity index (χ3n) is 3.07. The van der Waals surface area contributed by atoms with E-state index in [0.717, 1.165) is 0 Å². The van der Waals surface area contributed by atoms with Crippen molar-refractivity contribution in [2.75, 3.05) is 5.32 Å². The summed E-state index contributed by atoms with van der Waals surface area (Å²) >= 11 is 0. The number of sulfonamides is 1. The number of nitrogens with two attached hydrogens (primary N) is 3. The van der Waals surface area contributed by atoms with Crippen LogP contribution in [0.4, 0.5) is 10.5 Å². The maximum atomic E-state index is 11.9. The van der Waals surface area contributed by atoms with Gasteiger partial charge in [-0.1, -0.05) is 30.3 Å². The molecule has 0 atom stereocenters. The van der Waals surface area contributed by atoms with Crippen LogP contribution in [0, 0.1) is 5.41 Å². The Balaban J connectivity index is 2.93. The van der Waals surface area contributed by atoms with Crippen LogP contribution < -0.4 is 21.9 Å². The van der Waals surface area contributed by atoms with E-state index in [-0.39, 0.29) is 27.5 Å². The number of rotatable bonds is 4. The number of benzene rings is 2. The SMILES string of the molecule is N=C(N)c1ccc(S(N)(=O)=O)c(-c2ccccc2)c1NC(N)=O. The van der Waals surface area contributed by atoms with Crippen LogP contribution in [0.5, 0.6) is 0 Å². The van der Waals surface area contributed by atoms with Gasteiger partial charge in [0.05, 0.1) is 10.6 Å². The van der Waals surface area contributed by atoms with E-state index in [4.69, 9.17) is 22.0 Å². The highest BCUT2D eigenvalue weighted by Crippen LogP contribution is 2.36. The maximum absolute atomic E-state index is 11.9. The topological polar surface area (TPSA) is 165 Å². The van der Waals surface area contributed by atoms with Crippen molar-refractivity contribution in [1.29, 1.82) is 5.41 Å². The van der Waals surface area contributed by atoms with Crippen LogP contribution in [0.1, 0.15) is 5.56 Å². The van der Waals surface area contributed by atoms with E-state index >= 15 is 0 Å². The van der Waals surface area contributed by atoms with Crippen LogP contribution in [-0.2, 0) is 10.0 Å². The molecule has 0 heterocycles. The first-order valence-corrected chi connectivity index (χ1v) is 7.92. The Labute approximate surface area is 132 Å². The highest BCUT2D eigenvalue weighted by atomic mass is 32.2. The number of anilines is 1. The number of amides is 2. The first-order valence-electron chi connectivity index (χ1n) is 6.38. The lowest BCUT2D eigenvalue weighted by molar-refractivity contribution is 0.259. The molecule has 120 valence electrons. The number of primary amides is 1. The molecule has 0 radical (unpaired) electrons. The van der Waals surface area contributed by atoms with E-state index in [9.17, 15) is 13.2 Å². The van der Waals surface area contributed by atoms with Crippen LogP contribution >= 0.6 is 0 Å². The second-order valence-corrected chi connectivity index (χ2v) is 6.21. The number of carbonyl (C=O) groups excluding carboxylic acids is 1. The average molecular weight is 333 g/mol. The molecule has 2 rings (SSSR count). The number of nitrogen functional groups attached to an aromatic ring is 1. The highest BCUT2D eigenvalue weighted by molar-refractivity contribution is 7.89. The molecule has 0 aliphatic carbocycles. The number of amidine groups is 1. The van der Waals surface area contributed by atoms with Crippen molar-refractivity contribution in [2.24, 2.45) is 16.6 Å². The Hall–Kier alpha value is -2.91. The van der Waals surface area contributed by atoms with Crippen molar-refractivity contribution in [3.05, 3.63) is 48.0 Å². The second-order valence-electron chi connectivity index (χ2n) is 4.68. The number of nitrogens with one attached hydrogen (secondary N) is 2. The first kappa shape index (κ1) is 16.5. The van der Waals surface area contributed by atoms with Gasteiger partial charge in [-0.15, -0.1) is 0 Å². The number of carbonyl (C=O) groups is 1. The fourth-order valence-corrected chi connectivity index (χ4v) is 2.95. The van der Waals surface area contributed by atoms with E-state index in [1.54, 1.807) is 30.3 Å². The zero-order valence-electron chi connectivity index (χ0n) is 11.9. The maximum Gasteiger partial charge on any atom is 0.316 e. The summed E-state index contributed by atoms with van der Waals surface area (Å²) in [6, 6.07) is 10.0. The molecule has 2 aromatic rings. The number of urea groups is 1. The van der Waals surface area contributed by atoms with E-state index in [0.29, 0.717) is 5.56 Å². The average Bonchev–Trinajstić information content (AvgIpc) is 2.45. The largest absolute Gasteiger partial charge is 0.384 e. The predicted molar refractivity (Wildman–Crippen MR) is 87.5 cm³/mol. The molecule has 0 aliphatic rings. The Morgan fingerprint density at radius 2 is 1.65 bits per heavy atom. The molecule has 8 N–H and O–H groups in total. The van der Waals surface area contributed by atoms with Gasteiger partial charge in [0, 0.05) is 11.1 Å². The molecule has 0 bridgehead atoms. The minimum Gasteiger partial charge on any atom is -0.384 e. The van der Waals surface area contributed by atoms with Crippen molar-refractivity contribution in [1.82, 2.24) is 0 Å². The molecular formula is C14H15N5O3S. The van der Waals surface area contributed by atoms with E-state index in [1.807, 2.05) is 0 Å². The van der Waals surface area contributed by atoms with Crippen LogP contribution in [0.2, 0.25) is 0 Å². The Morgan fingerprint density at radius 3 is 2.13 bits per heavy atom. The zero-order valence-corrected chi connectivity index (χ0v) is 12.7. The highest BCUT2D eigenvalue weighted by Gasteiger charge is 2.23. The summed E-state index contributed by atoms with van der Waals surface area (Å²) in [6.45, 7) is 0.